The number of ether oxygens (including phenoxy) is 1. The lowest BCUT2D eigenvalue weighted by atomic mass is 9.88. The Morgan fingerprint density at radius 2 is 2.07 bits per heavy atom. The molecule has 2 aromatic rings. The molecule has 8 heteroatoms. The van der Waals surface area contributed by atoms with Gasteiger partial charge < -0.3 is 15.8 Å². The molecule has 0 bridgehead atoms. The summed E-state index contributed by atoms with van der Waals surface area (Å²) in [6.45, 7) is 2.03. The van der Waals surface area contributed by atoms with Crippen LogP contribution in [0, 0.1) is 5.92 Å². The topological polar surface area (TPSA) is 93.4 Å². The quantitative estimate of drug-likeness (QED) is 0.668. The number of thiocarbonyl (C=S) groups is 1. The first kappa shape index (κ1) is 19.3. The van der Waals surface area contributed by atoms with Crippen molar-refractivity contribution in [3.63, 3.8) is 0 Å². The largest absolute Gasteiger partial charge is 0.484 e. The number of amides is 2. The molecule has 0 aliphatic heterocycles. The van der Waals surface area contributed by atoms with Crippen LogP contribution in [0.4, 0.5) is 5.00 Å². The molecule has 3 rings (SSSR count). The minimum Gasteiger partial charge on any atom is -0.484 e. The minimum absolute atomic E-state index is 0.116. The van der Waals surface area contributed by atoms with Gasteiger partial charge in [0.1, 0.15) is 10.8 Å². The number of benzene rings is 1. The molecule has 1 heterocycles. The van der Waals surface area contributed by atoms with Crippen molar-refractivity contribution in [3.8, 4) is 5.75 Å². The predicted octanol–water partition coefficient (Wildman–Crippen LogP) is 2.86. The van der Waals surface area contributed by atoms with E-state index in [1.54, 1.807) is 12.1 Å². The maximum atomic E-state index is 12.0. The van der Waals surface area contributed by atoms with Crippen LogP contribution in [0.1, 0.15) is 34.1 Å². The fraction of sp³-hybridized carbons (Fsp3) is 0.316. The summed E-state index contributed by atoms with van der Waals surface area (Å²) in [5.41, 5.74) is 7.08. The highest BCUT2D eigenvalue weighted by Gasteiger charge is 2.27. The number of rotatable bonds is 5. The summed E-state index contributed by atoms with van der Waals surface area (Å²) >= 11 is 6.69. The second-order valence-corrected chi connectivity index (χ2v) is 8.04. The van der Waals surface area contributed by atoms with Gasteiger partial charge in [-0.25, -0.2) is 0 Å². The van der Waals surface area contributed by atoms with Crippen molar-refractivity contribution in [1.82, 2.24) is 5.32 Å². The van der Waals surface area contributed by atoms with Crippen LogP contribution < -0.4 is 21.1 Å². The maximum absolute atomic E-state index is 12.0. The molecule has 27 heavy (non-hydrogen) atoms. The summed E-state index contributed by atoms with van der Waals surface area (Å²) in [4.78, 5) is 25.1. The van der Waals surface area contributed by atoms with E-state index in [4.69, 9.17) is 22.7 Å². The number of primary amides is 1. The van der Waals surface area contributed by atoms with Gasteiger partial charge in [-0.05, 0) is 55.1 Å². The van der Waals surface area contributed by atoms with Gasteiger partial charge in [0.15, 0.2) is 11.7 Å². The fourth-order valence-electron chi connectivity index (χ4n) is 3.06. The molecule has 2 amide bonds. The van der Waals surface area contributed by atoms with Gasteiger partial charge >= 0.3 is 0 Å². The maximum Gasteiger partial charge on any atom is 0.264 e. The van der Waals surface area contributed by atoms with Gasteiger partial charge in [0.25, 0.3) is 11.8 Å². The van der Waals surface area contributed by atoms with E-state index in [1.807, 2.05) is 18.2 Å². The van der Waals surface area contributed by atoms with E-state index in [-0.39, 0.29) is 17.6 Å². The van der Waals surface area contributed by atoms with Gasteiger partial charge in [-0.3, -0.25) is 14.9 Å². The minimum atomic E-state index is -0.480. The second-order valence-electron chi connectivity index (χ2n) is 6.52. The van der Waals surface area contributed by atoms with E-state index in [9.17, 15) is 9.59 Å². The summed E-state index contributed by atoms with van der Waals surface area (Å²) in [7, 11) is 0. The highest BCUT2D eigenvalue weighted by molar-refractivity contribution is 7.80. The molecule has 1 aromatic heterocycles. The van der Waals surface area contributed by atoms with E-state index in [0.29, 0.717) is 22.2 Å². The van der Waals surface area contributed by atoms with Crippen molar-refractivity contribution in [2.24, 2.45) is 11.7 Å². The standard InChI is InChI=1S/C19H21N3O3S2/c1-11-7-8-13-14(9-11)27-18(16(13)17(20)24)22-19(26)21-15(23)10-25-12-5-3-2-4-6-12/h2-6,11H,7-10H2,1H3,(H2,20,24)(H2,21,22,23,26). The molecule has 6 nitrogen and oxygen atoms in total. The van der Waals surface area contributed by atoms with Crippen molar-refractivity contribution in [1.29, 1.82) is 0 Å². The zero-order chi connectivity index (χ0) is 19.4. The zero-order valence-corrected chi connectivity index (χ0v) is 16.5. The van der Waals surface area contributed by atoms with E-state index >= 15 is 0 Å². The summed E-state index contributed by atoms with van der Waals surface area (Å²) in [5.74, 6) is 0.312. The van der Waals surface area contributed by atoms with Crippen LogP contribution in [-0.2, 0) is 17.6 Å². The molecule has 1 aromatic carbocycles. The van der Waals surface area contributed by atoms with E-state index in [0.717, 1.165) is 29.7 Å². The van der Waals surface area contributed by atoms with Crippen LogP contribution in [-0.4, -0.2) is 23.5 Å². The van der Waals surface area contributed by atoms with E-state index in [2.05, 4.69) is 17.6 Å². The number of carbonyl (C=O) groups is 2. The van der Waals surface area contributed by atoms with Crippen molar-refractivity contribution in [3.05, 3.63) is 46.3 Å². The van der Waals surface area contributed by atoms with Crippen molar-refractivity contribution in [2.45, 2.75) is 26.2 Å². The Balaban J connectivity index is 1.62. The Kier molecular flexibility index (Phi) is 6.08. The molecule has 1 aliphatic rings. The Bertz CT molecular complexity index is 865. The lowest BCUT2D eigenvalue weighted by Gasteiger charge is -2.18. The number of anilines is 1. The molecule has 0 saturated heterocycles. The lowest BCUT2D eigenvalue weighted by molar-refractivity contribution is -0.121. The number of thiophene rings is 1. The third kappa shape index (κ3) is 4.84. The number of carbonyl (C=O) groups excluding carboxylic acids is 2. The second kappa shape index (κ2) is 8.49. The van der Waals surface area contributed by atoms with E-state index < -0.39 is 5.91 Å². The number of nitrogens with two attached hydrogens (primary N) is 1. The number of fused-ring (bicyclic) bond motifs is 1. The van der Waals surface area contributed by atoms with Crippen LogP contribution >= 0.6 is 23.6 Å². The van der Waals surface area contributed by atoms with Gasteiger partial charge in [0.05, 0.1) is 5.56 Å². The summed E-state index contributed by atoms with van der Waals surface area (Å²) in [5, 5.41) is 6.23. The Hall–Kier alpha value is -2.45. The van der Waals surface area contributed by atoms with Gasteiger partial charge in [-0.2, -0.15) is 0 Å². The molecule has 0 fully saturated rings. The highest BCUT2D eigenvalue weighted by Crippen LogP contribution is 2.39. The number of hydrogen-bond acceptors (Lipinski definition) is 5. The third-order valence-corrected chi connectivity index (χ3v) is 5.73. The summed E-state index contributed by atoms with van der Waals surface area (Å²) in [6, 6.07) is 9.04. The number of hydrogen-bond donors (Lipinski definition) is 3. The first-order chi connectivity index (χ1) is 12.9. The van der Waals surface area contributed by atoms with Crippen molar-refractivity contribution >= 4 is 45.5 Å². The normalized spacial score (nSPS) is 15.5. The first-order valence-corrected chi connectivity index (χ1v) is 9.89. The number of para-hydroxylation sites is 1. The molecule has 1 atom stereocenters. The Labute approximate surface area is 167 Å². The van der Waals surface area contributed by atoms with Crippen LogP contribution in [0.2, 0.25) is 0 Å². The van der Waals surface area contributed by atoms with Crippen LogP contribution in [0.5, 0.6) is 5.75 Å². The molecular weight excluding hydrogens is 382 g/mol. The summed E-state index contributed by atoms with van der Waals surface area (Å²) < 4.78 is 5.39. The predicted molar refractivity (Wildman–Crippen MR) is 110 cm³/mol. The SMILES string of the molecule is CC1CCc2c(sc(NC(=S)NC(=O)COc3ccccc3)c2C(N)=O)C1. The Morgan fingerprint density at radius 1 is 1.33 bits per heavy atom. The highest BCUT2D eigenvalue weighted by atomic mass is 32.1. The molecule has 0 spiro atoms. The van der Waals surface area contributed by atoms with Crippen LogP contribution in [0.25, 0.3) is 0 Å². The third-order valence-electron chi connectivity index (χ3n) is 4.35. The summed E-state index contributed by atoms with van der Waals surface area (Å²) in [6.07, 6.45) is 2.78. The van der Waals surface area contributed by atoms with Crippen LogP contribution in [0.3, 0.4) is 0 Å². The smallest absolute Gasteiger partial charge is 0.264 e. The van der Waals surface area contributed by atoms with Gasteiger partial charge in [-0.15, -0.1) is 11.3 Å². The molecule has 4 N–H and O–H groups in total. The monoisotopic (exact) mass is 403 g/mol. The molecular formula is C19H21N3O3S2. The van der Waals surface area contributed by atoms with Crippen molar-refractivity contribution in [2.75, 3.05) is 11.9 Å². The number of nitrogens with one attached hydrogen (secondary N) is 2. The fourth-order valence-corrected chi connectivity index (χ4v) is 4.76. The molecule has 142 valence electrons. The van der Waals surface area contributed by atoms with Crippen LogP contribution in [0.15, 0.2) is 30.3 Å². The average molecular weight is 404 g/mol. The molecule has 0 saturated carbocycles. The van der Waals surface area contributed by atoms with Gasteiger partial charge in [0.2, 0.25) is 0 Å². The lowest BCUT2D eigenvalue weighted by Crippen LogP contribution is -2.37. The van der Waals surface area contributed by atoms with Gasteiger partial charge in [0, 0.05) is 4.88 Å². The van der Waals surface area contributed by atoms with E-state index in [1.165, 1.54) is 11.3 Å². The average Bonchev–Trinajstić information content (AvgIpc) is 2.97. The first-order valence-electron chi connectivity index (χ1n) is 8.67. The van der Waals surface area contributed by atoms with Gasteiger partial charge in [-0.1, -0.05) is 25.1 Å². The Morgan fingerprint density at radius 3 is 2.78 bits per heavy atom. The molecule has 0 radical (unpaired) electrons. The van der Waals surface area contributed by atoms with Crippen molar-refractivity contribution < 1.29 is 14.3 Å². The molecule has 1 unspecified atom stereocenters. The molecule has 1 aliphatic carbocycles. The zero-order valence-electron chi connectivity index (χ0n) is 14.9.